The molecule has 3 rings (SSSR count). The fourth-order valence-electron chi connectivity index (χ4n) is 2.92. The Labute approximate surface area is 128 Å². The highest BCUT2D eigenvalue weighted by molar-refractivity contribution is 6.62. The van der Waals surface area contributed by atoms with Gasteiger partial charge < -0.3 is 14.2 Å². The lowest BCUT2D eigenvalue weighted by Gasteiger charge is -2.32. The van der Waals surface area contributed by atoms with Gasteiger partial charge in [-0.2, -0.15) is 0 Å². The number of hydrogen-bond acceptors (Lipinski definition) is 4. The third-order valence-corrected chi connectivity index (χ3v) is 5.01. The van der Waals surface area contributed by atoms with Crippen molar-refractivity contribution in [2.24, 2.45) is 0 Å². The van der Waals surface area contributed by atoms with E-state index >= 15 is 0 Å². The van der Waals surface area contributed by atoms with Crippen molar-refractivity contribution in [3.63, 3.8) is 0 Å². The van der Waals surface area contributed by atoms with E-state index in [0.29, 0.717) is 6.04 Å². The van der Waals surface area contributed by atoms with Crippen LogP contribution in [0.15, 0.2) is 12.3 Å². The number of rotatable bonds is 2. The van der Waals surface area contributed by atoms with Crippen molar-refractivity contribution in [1.29, 1.82) is 0 Å². The molecule has 0 radical (unpaired) electrons. The summed E-state index contributed by atoms with van der Waals surface area (Å²) >= 11 is 0. The Morgan fingerprint density at radius 3 is 2.38 bits per heavy atom. The maximum atomic E-state index is 6.11. The smallest absolute Gasteiger partial charge is 0.399 e. The maximum absolute atomic E-state index is 6.11. The van der Waals surface area contributed by atoms with Crippen LogP contribution in [0.5, 0.6) is 0 Å². The monoisotopic (exact) mass is 288 g/mol. The fraction of sp³-hybridized carbons (Fsp3) is 0.688. The van der Waals surface area contributed by atoms with Gasteiger partial charge in [0.1, 0.15) is 5.82 Å². The van der Waals surface area contributed by atoms with Crippen LogP contribution in [0.25, 0.3) is 0 Å². The molecule has 0 aliphatic carbocycles. The van der Waals surface area contributed by atoms with Gasteiger partial charge in [0, 0.05) is 24.2 Å². The molecule has 4 nitrogen and oxygen atoms in total. The van der Waals surface area contributed by atoms with E-state index in [2.05, 4.69) is 57.5 Å². The number of pyridine rings is 1. The first-order valence-corrected chi connectivity index (χ1v) is 7.82. The molecule has 0 amide bonds. The van der Waals surface area contributed by atoms with E-state index in [1.807, 2.05) is 6.20 Å². The molecule has 21 heavy (non-hydrogen) atoms. The van der Waals surface area contributed by atoms with Gasteiger partial charge in [0.25, 0.3) is 0 Å². The summed E-state index contributed by atoms with van der Waals surface area (Å²) in [4.78, 5) is 7.02. The van der Waals surface area contributed by atoms with Crippen LogP contribution in [0.4, 0.5) is 5.82 Å². The molecule has 114 valence electrons. The highest BCUT2D eigenvalue weighted by atomic mass is 16.7. The molecule has 1 aromatic heterocycles. The van der Waals surface area contributed by atoms with Gasteiger partial charge >= 0.3 is 7.12 Å². The van der Waals surface area contributed by atoms with E-state index in [9.17, 15) is 0 Å². The molecule has 1 fully saturated rings. The van der Waals surface area contributed by atoms with Gasteiger partial charge in [-0.05, 0) is 53.5 Å². The predicted molar refractivity (Wildman–Crippen MR) is 86.1 cm³/mol. The molecule has 0 unspecified atom stereocenters. The molecule has 5 heteroatoms. The van der Waals surface area contributed by atoms with Crippen LogP contribution in [-0.4, -0.2) is 35.9 Å². The largest absolute Gasteiger partial charge is 0.496 e. The average Bonchev–Trinajstić information content (AvgIpc) is 2.87. The molecule has 0 saturated carbocycles. The fourth-order valence-corrected chi connectivity index (χ4v) is 2.92. The Bertz CT molecular complexity index is 541. The molecular formula is C16H25BN2O2. The molecule has 0 spiro atoms. The quantitative estimate of drug-likeness (QED) is 0.781. The first-order valence-electron chi connectivity index (χ1n) is 7.82. The zero-order valence-corrected chi connectivity index (χ0v) is 13.9. The number of fused-ring (bicyclic) bond motifs is 1. The summed E-state index contributed by atoms with van der Waals surface area (Å²) < 4.78 is 12.2. The number of anilines is 1. The zero-order chi connectivity index (χ0) is 15.4. The summed E-state index contributed by atoms with van der Waals surface area (Å²) in [6, 6.07) is 2.69. The Hall–Kier alpha value is -1.07. The summed E-state index contributed by atoms with van der Waals surface area (Å²) in [6.45, 7) is 13.8. The van der Waals surface area contributed by atoms with Crippen LogP contribution in [0.1, 0.15) is 47.1 Å². The number of hydrogen-bond donors (Lipinski definition) is 0. The van der Waals surface area contributed by atoms with E-state index in [4.69, 9.17) is 9.31 Å². The van der Waals surface area contributed by atoms with Gasteiger partial charge in [0.15, 0.2) is 0 Å². The van der Waals surface area contributed by atoms with Crippen molar-refractivity contribution in [2.75, 3.05) is 11.4 Å². The molecule has 2 aliphatic heterocycles. The molecular weight excluding hydrogens is 263 g/mol. The van der Waals surface area contributed by atoms with Gasteiger partial charge in [-0.1, -0.05) is 6.07 Å². The Morgan fingerprint density at radius 1 is 1.19 bits per heavy atom. The lowest BCUT2D eigenvalue weighted by molar-refractivity contribution is 0.00578. The number of nitrogens with zero attached hydrogens (tertiary/aromatic N) is 2. The summed E-state index contributed by atoms with van der Waals surface area (Å²) in [5, 5.41) is 0. The second kappa shape index (κ2) is 4.72. The van der Waals surface area contributed by atoms with E-state index < -0.39 is 0 Å². The maximum Gasteiger partial charge on any atom is 0.496 e. The minimum Gasteiger partial charge on any atom is -0.399 e. The predicted octanol–water partition coefficient (Wildman–Crippen LogP) is 2.15. The van der Waals surface area contributed by atoms with Crippen LogP contribution in [0, 0.1) is 0 Å². The second-order valence-corrected chi connectivity index (χ2v) is 7.38. The van der Waals surface area contributed by atoms with Crippen molar-refractivity contribution in [2.45, 2.75) is 65.2 Å². The first kappa shape index (κ1) is 14.9. The van der Waals surface area contributed by atoms with Crippen molar-refractivity contribution in [3.05, 3.63) is 17.8 Å². The van der Waals surface area contributed by atoms with E-state index in [1.54, 1.807) is 0 Å². The summed E-state index contributed by atoms with van der Waals surface area (Å²) in [6.07, 6.45) is 2.95. The minimum absolute atomic E-state index is 0.305. The molecule has 0 atom stereocenters. The lowest BCUT2D eigenvalue weighted by atomic mass is 9.79. The SMILES string of the molecule is CC(C)N1CCc2cc(B3OC(C)(C)C(C)(C)O3)cnc21. The minimum atomic E-state index is -0.319. The molecule has 0 bridgehead atoms. The lowest BCUT2D eigenvalue weighted by Crippen LogP contribution is -2.41. The topological polar surface area (TPSA) is 34.6 Å². The van der Waals surface area contributed by atoms with Crippen molar-refractivity contribution in [3.8, 4) is 0 Å². The van der Waals surface area contributed by atoms with Crippen molar-refractivity contribution in [1.82, 2.24) is 4.98 Å². The highest BCUT2D eigenvalue weighted by Crippen LogP contribution is 2.37. The second-order valence-electron chi connectivity index (χ2n) is 7.38. The molecule has 1 aromatic rings. The van der Waals surface area contributed by atoms with Crippen LogP contribution in [0.3, 0.4) is 0 Å². The van der Waals surface area contributed by atoms with Gasteiger partial charge in [-0.3, -0.25) is 0 Å². The van der Waals surface area contributed by atoms with E-state index in [0.717, 1.165) is 24.2 Å². The third kappa shape index (κ3) is 2.36. The van der Waals surface area contributed by atoms with Crippen LogP contribution < -0.4 is 10.4 Å². The van der Waals surface area contributed by atoms with Crippen molar-refractivity contribution < 1.29 is 9.31 Å². The van der Waals surface area contributed by atoms with Gasteiger partial charge in [0.2, 0.25) is 0 Å². The Kier molecular flexibility index (Phi) is 3.34. The Morgan fingerprint density at radius 2 is 1.81 bits per heavy atom. The van der Waals surface area contributed by atoms with Gasteiger partial charge in [0.05, 0.1) is 11.2 Å². The van der Waals surface area contributed by atoms with Crippen LogP contribution >= 0.6 is 0 Å². The Balaban J connectivity index is 1.87. The summed E-state index contributed by atoms with van der Waals surface area (Å²) in [5.74, 6) is 1.12. The molecule has 1 saturated heterocycles. The van der Waals surface area contributed by atoms with Crippen molar-refractivity contribution >= 4 is 18.4 Å². The van der Waals surface area contributed by atoms with Gasteiger partial charge in [-0.15, -0.1) is 0 Å². The standard InChI is InChI=1S/C16H25BN2O2/c1-11(2)19-8-7-12-9-13(10-18-14(12)19)17-20-15(3,4)16(5,6)21-17/h9-11H,7-8H2,1-6H3. The zero-order valence-electron chi connectivity index (χ0n) is 13.9. The molecule has 2 aliphatic rings. The third-order valence-electron chi connectivity index (χ3n) is 5.01. The summed E-state index contributed by atoms with van der Waals surface area (Å²) in [5.41, 5.74) is 1.72. The molecule has 0 aromatic carbocycles. The van der Waals surface area contributed by atoms with Gasteiger partial charge in [-0.25, -0.2) is 4.98 Å². The molecule has 0 N–H and O–H groups in total. The van der Waals surface area contributed by atoms with Crippen LogP contribution in [-0.2, 0) is 15.7 Å². The van der Waals surface area contributed by atoms with E-state index in [1.165, 1.54) is 5.56 Å². The highest BCUT2D eigenvalue weighted by Gasteiger charge is 2.52. The van der Waals surface area contributed by atoms with E-state index in [-0.39, 0.29) is 18.3 Å². The molecule has 3 heterocycles. The average molecular weight is 288 g/mol. The normalized spacial score (nSPS) is 23.0. The summed E-state index contributed by atoms with van der Waals surface area (Å²) in [7, 11) is -0.319. The van der Waals surface area contributed by atoms with Crippen LogP contribution in [0.2, 0.25) is 0 Å². The number of aromatic nitrogens is 1. The first-order chi connectivity index (χ1) is 9.71.